The maximum absolute atomic E-state index is 2.60. The minimum Gasteiger partial charge on any atom is -0.298 e. The van der Waals surface area contributed by atoms with Crippen molar-refractivity contribution in [3.8, 4) is 0 Å². The van der Waals surface area contributed by atoms with Crippen molar-refractivity contribution in [1.29, 1.82) is 0 Å². The number of thioether (sulfide) groups is 1. The topological polar surface area (TPSA) is 3.24 Å². The van der Waals surface area contributed by atoms with Gasteiger partial charge in [-0.3, -0.25) is 4.90 Å². The van der Waals surface area contributed by atoms with Gasteiger partial charge in [0.15, 0.2) is 0 Å². The minimum atomic E-state index is 0.378. The van der Waals surface area contributed by atoms with E-state index >= 15 is 0 Å². The first-order valence-electron chi connectivity index (χ1n) is 4.82. The van der Waals surface area contributed by atoms with Crippen LogP contribution in [0.5, 0.6) is 0 Å². The SMILES string of the molecule is CSC1CCN(C(C)(C)C)CC1. The van der Waals surface area contributed by atoms with Crippen LogP contribution in [0.1, 0.15) is 33.6 Å². The summed E-state index contributed by atoms with van der Waals surface area (Å²) in [6, 6.07) is 0. The van der Waals surface area contributed by atoms with E-state index in [4.69, 9.17) is 0 Å². The van der Waals surface area contributed by atoms with E-state index in [1.807, 2.05) is 11.8 Å². The Labute approximate surface area is 80.9 Å². The number of hydrogen-bond donors (Lipinski definition) is 0. The molecule has 1 aliphatic heterocycles. The summed E-state index contributed by atoms with van der Waals surface area (Å²) >= 11 is 2.03. The van der Waals surface area contributed by atoms with E-state index in [1.165, 1.54) is 25.9 Å². The van der Waals surface area contributed by atoms with Crippen LogP contribution in [0.15, 0.2) is 0 Å². The molecule has 0 atom stereocenters. The number of likely N-dealkylation sites (tertiary alicyclic amines) is 1. The molecule has 0 N–H and O–H groups in total. The third kappa shape index (κ3) is 2.67. The number of nitrogens with zero attached hydrogens (tertiary/aromatic N) is 1. The van der Waals surface area contributed by atoms with Crippen LogP contribution in [-0.2, 0) is 0 Å². The summed E-state index contributed by atoms with van der Waals surface area (Å²) in [4.78, 5) is 2.60. The van der Waals surface area contributed by atoms with Gasteiger partial charge in [0.25, 0.3) is 0 Å². The highest BCUT2D eigenvalue weighted by molar-refractivity contribution is 7.99. The van der Waals surface area contributed by atoms with Gasteiger partial charge in [0.1, 0.15) is 0 Å². The first-order valence-corrected chi connectivity index (χ1v) is 6.10. The molecule has 0 radical (unpaired) electrons. The van der Waals surface area contributed by atoms with Crippen molar-refractivity contribution in [3.63, 3.8) is 0 Å². The molecule has 1 heterocycles. The molecule has 0 amide bonds. The van der Waals surface area contributed by atoms with Crippen molar-refractivity contribution in [1.82, 2.24) is 4.90 Å². The molecule has 1 aliphatic rings. The van der Waals surface area contributed by atoms with Gasteiger partial charge in [0.05, 0.1) is 0 Å². The lowest BCUT2D eigenvalue weighted by Crippen LogP contribution is -2.46. The van der Waals surface area contributed by atoms with E-state index in [-0.39, 0.29) is 0 Å². The zero-order valence-corrected chi connectivity index (χ0v) is 9.58. The molecule has 0 spiro atoms. The van der Waals surface area contributed by atoms with Crippen molar-refractivity contribution in [3.05, 3.63) is 0 Å². The highest BCUT2D eigenvalue weighted by Gasteiger charge is 2.26. The van der Waals surface area contributed by atoms with Crippen LogP contribution in [0, 0.1) is 0 Å². The van der Waals surface area contributed by atoms with Gasteiger partial charge in [0.2, 0.25) is 0 Å². The second-order valence-corrected chi connectivity index (χ2v) is 5.73. The molecule has 1 saturated heterocycles. The molecule has 0 aromatic rings. The van der Waals surface area contributed by atoms with Gasteiger partial charge in [-0.2, -0.15) is 11.8 Å². The molecule has 0 unspecified atom stereocenters. The van der Waals surface area contributed by atoms with Crippen molar-refractivity contribution < 1.29 is 0 Å². The molecular weight excluding hydrogens is 166 g/mol. The third-order valence-electron chi connectivity index (χ3n) is 2.72. The summed E-state index contributed by atoms with van der Waals surface area (Å²) in [5.41, 5.74) is 0.378. The van der Waals surface area contributed by atoms with Crippen LogP contribution in [0.4, 0.5) is 0 Å². The summed E-state index contributed by atoms with van der Waals surface area (Å²) in [6.45, 7) is 9.51. The van der Waals surface area contributed by atoms with E-state index in [1.54, 1.807) is 0 Å². The van der Waals surface area contributed by atoms with Gasteiger partial charge in [-0.25, -0.2) is 0 Å². The van der Waals surface area contributed by atoms with Crippen molar-refractivity contribution >= 4 is 11.8 Å². The summed E-state index contributed by atoms with van der Waals surface area (Å²) in [5, 5.41) is 0.920. The predicted octanol–water partition coefficient (Wildman–Crippen LogP) is 2.61. The Morgan fingerprint density at radius 1 is 1.17 bits per heavy atom. The first-order chi connectivity index (χ1) is 5.54. The molecule has 0 aromatic carbocycles. The summed E-state index contributed by atoms with van der Waals surface area (Å²) in [6.07, 6.45) is 4.98. The maximum Gasteiger partial charge on any atom is 0.0125 e. The quantitative estimate of drug-likeness (QED) is 0.621. The molecule has 1 nitrogen and oxygen atoms in total. The van der Waals surface area contributed by atoms with Crippen molar-refractivity contribution in [2.75, 3.05) is 19.3 Å². The Hall–Kier alpha value is 0.310. The lowest BCUT2D eigenvalue weighted by atomic mass is 10.0. The summed E-state index contributed by atoms with van der Waals surface area (Å²) in [7, 11) is 0. The first kappa shape index (κ1) is 10.4. The fourth-order valence-corrected chi connectivity index (χ4v) is 2.44. The number of hydrogen-bond acceptors (Lipinski definition) is 2. The standard InChI is InChI=1S/C10H21NS/c1-10(2,3)11-7-5-9(12-4)6-8-11/h9H,5-8H2,1-4H3. The van der Waals surface area contributed by atoms with E-state index in [9.17, 15) is 0 Å². The lowest BCUT2D eigenvalue weighted by molar-refractivity contribution is 0.113. The fourth-order valence-electron chi connectivity index (χ4n) is 1.76. The van der Waals surface area contributed by atoms with Crippen LogP contribution in [0.3, 0.4) is 0 Å². The fraction of sp³-hybridized carbons (Fsp3) is 1.00. The lowest BCUT2D eigenvalue weighted by Gasteiger charge is -2.40. The Morgan fingerprint density at radius 3 is 2.00 bits per heavy atom. The summed E-state index contributed by atoms with van der Waals surface area (Å²) in [5.74, 6) is 0. The van der Waals surface area contributed by atoms with E-state index in [0.717, 1.165) is 5.25 Å². The minimum absolute atomic E-state index is 0.378. The predicted molar refractivity (Wildman–Crippen MR) is 57.9 cm³/mol. The molecule has 72 valence electrons. The van der Waals surface area contributed by atoms with Gasteiger partial charge in [-0.15, -0.1) is 0 Å². The van der Waals surface area contributed by atoms with E-state index in [0.29, 0.717) is 5.54 Å². The zero-order valence-electron chi connectivity index (χ0n) is 8.76. The van der Waals surface area contributed by atoms with E-state index < -0.39 is 0 Å². The molecule has 0 aromatic heterocycles. The van der Waals surface area contributed by atoms with Gasteiger partial charge >= 0.3 is 0 Å². The molecule has 0 saturated carbocycles. The summed E-state index contributed by atoms with van der Waals surface area (Å²) < 4.78 is 0. The molecule has 1 rings (SSSR count). The highest BCUT2D eigenvalue weighted by Crippen LogP contribution is 2.25. The van der Waals surface area contributed by atoms with Crippen LogP contribution in [0.25, 0.3) is 0 Å². The van der Waals surface area contributed by atoms with Crippen molar-refractivity contribution in [2.45, 2.75) is 44.4 Å². The van der Waals surface area contributed by atoms with Gasteiger partial charge in [0, 0.05) is 10.8 Å². The molecular formula is C10H21NS. The van der Waals surface area contributed by atoms with Crippen molar-refractivity contribution in [2.24, 2.45) is 0 Å². The third-order valence-corrected chi connectivity index (χ3v) is 3.86. The van der Waals surface area contributed by atoms with Crippen LogP contribution < -0.4 is 0 Å². The van der Waals surface area contributed by atoms with Gasteiger partial charge in [-0.1, -0.05) is 0 Å². The maximum atomic E-state index is 2.60. The molecule has 1 fully saturated rings. The molecule has 12 heavy (non-hydrogen) atoms. The van der Waals surface area contributed by atoms with E-state index in [2.05, 4.69) is 31.9 Å². The normalized spacial score (nSPS) is 23.0. The average Bonchev–Trinajstić information content (AvgIpc) is 2.03. The monoisotopic (exact) mass is 187 g/mol. The smallest absolute Gasteiger partial charge is 0.0125 e. The van der Waals surface area contributed by atoms with Gasteiger partial charge in [-0.05, 0) is 53.0 Å². The van der Waals surface area contributed by atoms with Crippen LogP contribution in [0.2, 0.25) is 0 Å². The second-order valence-electron chi connectivity index (χ2n) is 4.59. The van der Waals surface area contributed by atoms with Crippen LogP contribution >= 0.6 is 11.8 Å². The number of piperidine rings is 1. The second kappa shape index (κ2) is 4.01. The Balaban J connectivity index is 2.36. The molecule has 0 bridgehead atoms. The Kier molecular flexibility index (Phi) is 3.47. The largest absolute Gasteiger partial charge is 0.298 e. The Morgan fingerprint density at radius 2 is 1.67 bits per heavy atom. The van der Waals surface area contributed by atoms with Crippen LogP contribution in [-0.4, -0.2) is 35.0 Å². The zero-order chi connectivity index (χ0) is 9.19. The molecule has 2 heteroatoms. The molecule has 0 aliphatic carbocycles. The van der Waals surface area contributed by atoms with Gasteiger partial charge < -0.3 is 0 Å². The number of rotatable bonds is 1. The highest BCUT2D eigenvalue weighted by atomic mass is 32.2. The average molecular weight is 187 g/mol. The Bertz CT molecular complexity index is 131.